The molecule has 1 atom stereocenters. The van der Waals surface area contributed by atoms with Gasteiger partial charge < -0.3 is 9.47 Å². The van der Waals surface area contributed by atoms with Crippen molar-refractivity contribution in [2.75, 3.05) is 6.16 Å². The first-order chi connectivity index (χ1) is 8.38. The number of benzene rings is 2. The predicted octanol–water partition coefficient (Wildman–Crippen LogP) is 3.77. The molecule has 0 heterocycles. The Labute approximate surface area is 116 Å². The van der Waals surface area contributed by atoms with Gasteiger partial charge in [0.05, 0.1) is 0 Å². The molecule has 4 heteroatoms. The highest BCUT2D eigenvalue weighted by Crippen LogP contribution is 2.16. The SMILES string of the molecule is Cl.PCC(Oc1ccccc1)Oc1ccccc1. The molecule has 2 aromatic carbocycles. The maximum Gasteiger partial charge on any atom is 0.244 e. The molecule has 2 aromatic rings. The van der Waals surface area contributed by atoms with Crippen molar-refractivity contribution in [2.45, 2.75) is 6.29 Å². The van der Waals surface area contributed by atoms with Crippen LogP contribution in [0.15, 0.2) is 60.7 Å². The molecular weight excluding hydrogens is 267 g/mol. The molecule has 0 fully saturated rings. The van der Waals surface area contributed by atoms with E-state index >= 15 is 0 Å². The van der Waals surface area contributed by atoms with Crippen molar-refractivity contribution in [3.05, 3.63) is 60.7 Å². The summed E-state index contributed by atoms with van der Waals surface area (Å²) in [6.45, 7) is 0. The second-order valence-corrected chi connectivity index (χ2v) is 4.00. The molecule has 0 radical (unpaired) electrons. The monoisotopic (exact) mass is 282 g/mol. The van der Waals surface area contributed by atoms with Crippen molar-refractivity contribution in [3.8, 4) is 11.5 Å². The largest absolute Gasteiger partial charge is 0.455 e. The third-order valence-corrected chi connectivity index (χ3v) is 2.60. The Morgan fingerprint density at radius 2 is 1.17 bits per heavy atom. The van der Waals surface area contributed by atoms with Crippen molar-refractivity contribution in [3.63, 3.8) is 0 Å². The number of para-hydroxylation sites is 2. The Bertz CT molecular complexity index is 395. The van der Waals surface area contributed by atoms with Crippen molar-refractivity contribution >= 4 is 21.6 Å². The summed E-state index contributed by atoms with van der Waals surface area (Å²) in [4.78, 5) is 0. The van der Waals surface area contributed by atoms with Gasteiger partial charge in [0.2, 0.25) is 6.29 Å². The van der Waals surface area contributed by atoms with Gasteiger partial charge in [0, 0.05) is 6.16 Å². The van der Waals surface area contributed by atoms with Gasteiger partial charge in [0.1, 0.15) is 11.5 Å². The Morgan fingerprint density at radius 3 is 1.50 bits per heavy atom. The van der Waals surface area contributed by atoms with E-state index in [1.807, 2.05) is 60.7 Å². The smallest absolute Gasteiger partial charge is 0.244 e. The maximum absolute atomic E-state index is 5.72. The number of hydrogen-bond acceptors (Lipinski definition) is 2. The van der Waals surface area contributed by atoms with E-state index in [1.54, 1.807) is 0 Å². The first-order valence-electron chi connectivity index (χ1n) is 5.52. The lowest BCUT2D eigenvalue weighted by molar-refractivity contribution is 0.0263. The summed E-state index contributed by atoms with van der Waals surface area (Å²) in [6, 6.07) is 19.4. The van der Waals surface area contributed by atoms with Gasteiger partial charge in [0.15, 0.2) is 0 Å². The van der Waals surface area contributed by atoms with Crippen LogP contribution in [-0.4, -0.2) is 12.5 Å². The molecule has 0 N–H and O–H groups in total. The van der Waals surface area contributed by atoms with E-state index in [4.69, 9.17) is 9.47 Å². The molecule has 0 aliphatic heterocycles. The summed E-state index contributed by atoms with van der Waals surface area (Å²) in [5, 5.41) is 0. The van der Waals surface area contributed by atoms with Gasteiger partial charge in [-0.3, -0.25) is 0 Å². The quantitative estimate of drug-likeness (QED) is 0.614. The molecule has 0 aliphatic carbocycles. The number of halogens is 1. The lowest BCUT2D eigenvalue weighted by Crippen LogP contribution is -2.25. The van der Waals surface area contributed by atoms with Crippen molar-refractivity contribution < 1.29 is 9.47 Å². The van der Waals surface area contributed by atoms with Gasteiger partial charge in [-0.1, -0.05) is 36.4 Å². The van der Waals surface area contributed by atoms with Gasteiger partial charge in [-0.15, -0.1) is 21.6 Å². The summed E-state index contributed by atoms with van der Waals surface area (Å²) in [5.41, 5.74) is 0. The van der Waals surface area contributed by atoms with Crippen LogP contribution in [0.2, 0.25) is 0 Å². The van der Waals surface area contributed by atoms with Crippen LogP contribution in [0.25, 0.3) is 0 Å². The standard InChI is InChI=1S/C14H15O2P.ClH/c17-11-14(15-12-7-3-1-4-8-12)16-13-9-5-2-6-10-13;/h1-10,14H,11,17H2;1H. The topological polar surface area (TPSA) is 18.5 Å². The van der Waals surface area contributed by atoms with Crippen LogP contribution >= 0.6 is 21.6 Å². The van der Waals surface area contributed by atoms with Crippen LogP contribution in [0.5, 0.6) is 11.5 Å². The zero-order valence-corrected chi connectivity index (χ0v) is 11.8. The molecule has 0 aromatic heterocycles. The summed E-state index contributed by atoms with van der Waals surface area (Å²) < 4.78 is 11.4. The van der Waals surface area contributed by atoms with Gasteiger partial charge >= 0.3 is 0 Å². The molecule has 0 spiro atoms. The highest BCUT2D eigenvalue weighted by Gasteiger charge is 2.09. The van der Waals surface area contributed by atoms with Gasteiger partial charge in [0.25, 0.3) is 0 Å². The first kappa shape index (κ1) is 14.8. The molecule has 2 nitrogen and oxygen atoms in total. The lowest BCUT2D eigenvalue weighted by Gasteiger charge is -2.18. The molecule has 96 valence electrons. The van der Waals surface area contributed by atoms with E-state index in [2.05, 4.69) is 9.24 Å². The first-order valence-corrected chi connectivity index (χ1v) is 6.33. The van der Waals surface area contributed by atoms with Crippen LogP contribution < -0.4 is 9.47 Å². The minimum absolute atomic E-state index is 0. The fourth-order valence-electron chi connectivity index (χ4n) is 1.42. The summed E-state index contributed by atoms with van der Waals surface area (Å²) in [5.74, 6) is 1.63. The van der Waals surface area contributed by atoms with Gasteiger partial charge in [-0.05, 0) is 24.3 Å². The number of rotatable bonds is 5. The second kappa shape index (κ2) is 7.97. The highest BCUT2D eigenvalue weighted by molar-refractivity contribution is 7.16. The summed E-state index contributed by atoms with van der Waals surface area (Å²) in [6.07, 6.45) is 0.425. The van der Waals surface area contributed by atoms with E-state index < -0.39 is 0 Å². The van der Waals surface area contributed by atoms with Crippen LogP contribution in [0.4, 0.5) is 0 Å². The average molecular weight is 283 g/mol. The molecule has 18 heavy (non-hydrogen) atoms. The lowest BCUT2D eigenvalue weighted by atomic mass is 10.3. The van der Waals surface area contributed by atoms with Crippen LogP contribution in [0.3, 0.4) is 0 Å². The Balaban J connectivity index is 0.00000162. The van der Waals surface area contributed by atoms with E-state index in [1.165, 1.54) is 0 Å². The minimum Gasteiger partial charge on any atom is -0.455 e. The highest BCUT2D eigenvalue weighted by atomic mass is 35.5. The molecule has 0 aliphatic rings. The van der Waals surface area contributed by atoms with Crippen molar-refractivity contribution in [1.29, 1.82) is 0 Å². The second-order valence-electron chi connectivity index (χ2n) is 3.53. The third kappa shape index (κ3) is 4.56. The normalized spacial score (nSPS) is 9.67. The van der Waals surface area contributed by atoms with E-state index in [-0.39, 0.29) is 18.7 Å². The van der Waals surface area contributed by atoms with Crippen LogP contribution in [-0.2, 0) is 0 Å². The molecule has 0 saturated carbocycles. The van der Waals surface area contributed by atoms with Crippen molar-refractivity contribution in [2.24, 2.45) is 0 Å². The average Bonchev–Trinajstić information content (AvgIpc) is 2.40. The van der Waals surface area contributed by atoms with Crippen LogP contribution in [0.1, 0.15) is 0 Å². The number of hydrogen-bond donors (Lipinski definition) is 0. The minimum atomic E-state index is -0.287. The fourth-order valence-corrected chi connectivity index (χ4v) is 1.61. The van der Waals surface area contributed by atoms with Crippen molar-refractivity contribution in [1.82, 2.24) is 0 Å². The van der Waals surface area contributed by atoms with Gasteiger partial charge in [-0.25, -0.2) is 0 Å². The van der Waals surface area contributed by atoms with Gasteiger partial charge in [-0.2, -0.15) is 0 Å². The maximum atomic E-state index is 5.72. The Kier molecular flexibility index (Phi) is 6.56. The molecule has 0 amide bonds. The van der Waals surface area contributed by atoms with E-state index in [0.29, 0.717) is 6.16 Å². The zero-order chi connectivity index (χ0) is 11.9. The predicted molar refractivity (Wildman–Crippen MR) is 79.8 cm³/mol. The van der Waals surface area contributed by atoms with E-state index in [9.17, 15) is 0 Å². The van der Waals surface area contributed by atoms with E-state index in [0.717, 1.165) is 11.5 Å². The summed E-state index contributed by atoms with van der Waals surface area (Å²) in [7, 11) is 2.63. The number of ether oxygens (including phenoxy) is 2. The zero-order valence-electron chi connectivity index (χ0n) is 9.86. The fraction of sp³-hybridized carbons (Fsp3) is 0.143. The molecule has 1 unspecified atom stereocenters. The Hall–Kier alpha value is -1.24. The molecular formula is C14H16ClO2P. The Morgan fingerprint density at radius 1 is 0.778 bits per heavy atom. The molecule has 2 rings (SSSR count). The molecule has 0 saturated heterocycles. The van der Waals surface area contributed by atoms with Crippen LogP contribution in [0, 0.1) is 0 Å². The summed E-state index contributed by atoms with van der Waals surface area (Å²) >= 11 is 0. The third-order valence-electron chi connectivity index (χ3n) is 2.21. The molecule has 0 bridgehead atoms.